The number of halogens is 4. The van der Waals surface area contributed by atoms with Crippen LogP contribution in [0, 0.1) is 0 Å². The molecule has 1 aliphatic heterocycles. The second-order valence-electron chi connectivity index (χ2n) is 9.32. The maximum atomic E-state index is 13.9. The second-order valence-corrected chi connectivity index (χ2v) is 13.0. The SMILES string of the molecule is COC(=O)c1sc(-c2cccc(N(C3CCNCC3)S(=O)(=O)Cc3ccccc3C(F)(F)F)c2)c(Br)c1OCC(=O)O. The lowest BCUT2D eigenvalue weighted by molar-refractivity contribution is -0.139. The van der Waals surface area contributed by atoms with Crippen LogP contribution >= 0.6 is 27.3 Å². The number of alkyl halides is 3. The molecule has 4 rings (SSSR count). The molecule has 0 atom stereocenters. The first kappa shape index (κ1) is 31.8. The molecule has 1 fully saturated rings. The van der Waals surface area contributed by atoms with Crippen LogP contribution < -0.4 is 14.4 Å². The summed E-state index contributed by atoms with van der Waals surface area (Å²) in [5.41, 5.74) is -0.676. The van der Waals surface area contributed by atoms with Crippen molar-refractivity contribution in [2.75, 3.05) is 31.1 Å². The van der Waals surface area contributed by atoms with Gasteiger partial charge in [-0.15, -0.1) is 11.3 Å². The number of anilines is 1. The number of rotatable bonds is 10. The van der Waals surface area contributed by atoms with Crippen LogP contribution in [-0.4, -0.2) is 58.3 Å². The van der Waals surface area contributed by atoms with E-state index in [2.05, 4.69) is 21.2 Å². The number of carbonyl (C=O) groups excluding carboxylic acids is 1. The van der Waals surface area contributed by atoms with Crippen LogP contribution in [0.2, 0.25) is 0 Å². The molecule has 2 heterocycles. The largest absolute Gasteiger partial charge is 0.479 e. The number of benzene rings is 2. The fourth-order valence-electron chi connectivity index (χ4n) is 4.68. The summed E-state index contributed by atoms with van der Waals surface area (Å²) in [5, 5.41) is 12.2. The fraction of sp³-hybridized carbons (Fsp3) is 0.333. The summed E-state index contributed by atoms with van der Waals surface area (Å²) in [6, 6.07) is 10.5. The van der Waals surface area contributed by atoms with Crippen LogP contribution in [0.4, 0.5) is 18.9 Å². The predicted molar refractivity (Wildman–Crippen MR) is 154 cm³/mol. The number of methoxy groups -OCH3 is 1. The van der Waals surface area contributed by atoms with E-state index in [4.69, 9.17) is 14.6 Å². The first-order chi connectivity index (χ1) is 19.8. The number of nitrogens with one attached hydrogen (secondary N) is 1. The van der Waals surface area contributed by atoms with E-state index in [0.717, 1.165) is 30.6 Å². The molecule has 1 saturated heterocycles. The molecule has 2 aromatic carbocycles. The van der Waals surface area contributed by atoms with E-state index in [1.54, 1.807) is 24.3 Å². The maximum Gasteiger partial charge on any atom is 0.416 e. The molecule has 2 N–H and O–H groups in total. The molecule has 1 aromatic heterocycles. The van der Waals surface area contributed by atoms with Crippen LogP contribution in [0.3, 0.4) is 0 Å². The van der Waals surface area contributed by atoms with Gasteiger partial charge in [0.2, 0.25) is 10.0 Å². The van der Waals surface area contributed by atoms with Crippen LogP contribution in [-0.2, 0) is 31.5 Å². The Balaban J connectivity index is 1.80. The minimum Gasteiger partial charge on any atom is -0.479 e. The third-order valence-corrected chi connectivity index (χ3v) is 10.5. The van der Waals surface area contributed by atoms with E-state index in [-0.39, 0.29) is 26.4 Å². The Morgan fingerprint density at radius 2 is 1.83 bits per heavy atom. The van der Waals surface area contributed by atoms with Crippen molar-refractivity contribution in [1.29, 1.82) is 0 Å². The van der Waals surface area contributed by atoms with Crippen LogP contribution in [0.5, 0.6) is 5.75 Å². The molecule has 0 saturated carbocycles. The third kappa shape index (κ3) is 7.07. The number of aliphatic carboxylic acids is 1. The van der Waals surface area contributed by atoms with Crippen molar-refractivity contribution < 1.29 is 45.8 Å². The molecule has 42 heavy (non-hydrogen) atoms. The van der Waals surface area contributed by atoms with Crippen LogP contribution in [0.1, 0.15) is 33.6 Å². The van der Waals surface area contributed by atoms with Gasteiger partial charge in [-0.3, -0.25) is 4.31 Å². The van der Waals surface area contributed by atoms with Gasteiger partial charge in [0, 0.05) is 6.04 Å². The Labute approximate surface area is 252 Å². The molecule has 3 aromatic rings. The van der Waals surface area contributed by atoms with Gasteiger partial charge < -0.3 is 19.9 Å². The molecule has 15 heteroatoms. The Morgan fingerprint density at radius 3 is 2.48 bits per heavy atom. The van der Waals surface area contributed by atoms with Gasteiger partial charge >= 0.3 is 18.1 Å². The minimum atomic E-state index is -4.73. The van der Waals surface area contributed by atoms with Gasteiger partial charge in [-0.1, -0.05) is 30.3 Å². The molecule has 1 aliphatic rings. The average molecular weight is 692 g/mol. The predicted octanol–water partition coefficient (Wildman–Crippen LogP) is 5.53. The first-order valence-electron chi connectivity index (χ1n) is 12.6. The second kappa shape index (κ2) is 13.0. The number of carboxylic acids is 1. The number of thiophene rings is 1. The first-order valence-corrected chi connectivity index (χ1v) is 15.8. The molecular weight excluding hydrogens is 665 g/mol. The van der Waals surface area contributed by atoms with E-state index in [9.17, 15) is 31.2 Å². The normalized spacial score (nSPS) is 14.4. The number of piperidine rings is 1. The van der Waals surface area contributed by atoms with E-state index < -0.39 is 52.1 Å². The van der Waals surface area contributed by atoms with Crippen LogP contribution in [0.25, 0.3) is 10.4 Å². The summed E-state index contributed by atoms with van der Waals surface area (Å²) in [7, 11) is -3.16. The molecule has 0 amide bonds. The van der Waals surface area contributed by atoms with Crippen molar-refractivity contribution in [3.63, 3.8) is 0 Å². The third-order valence-electron chi connectivity index (χ3n) is 6.48. The van der Waals surface area contributed by atoms with Gasteiger partial charge in [0.05, 0.1) is 33.5 Å². The van der Waals surface area contributed by atoms with Gasteiger partial charge in [-0.25, -0.2) is 18.0 Å². The van der Waals surface area contributed by atoms with Crippen molar-refractivity contribution in [2.45, 2.75) is 30.8 Å². The van der Waals surface area contributed by atoms with E-state index in [1.165, 1.54) is 16.4 Å². The number of ether oxygens (including phenoxy) is 2. The molecule has 226 valence electrons. The van der Waals surface area contributed by atoms with Crippen molar-refractivity contribution in [3.8, 4) is 16.2 Å². The smallest absolute Gasteiger partial charge is 0.416 e. The number of sulfonamides is 1. The Kier molecular flexibility index (Phi) is 9.85. The highest BCUT2D eigenvalue weighted by atomic mass is 79.9. The molecule has 0 radical (unpaired) electrons. The molecule has 9 nitrogen and oxygen atoms in total. The minimum absolute atomic E-state index is 0.00221. The molecule has 0 aliphatic carbocycles. The summed E-state index contributed by atoms with van der Waals surface area (Å²) in [6.45, 7) is 0.331. The maximum absolute atomic E-state index is 13.9. The summed E-state index contributed by atoms with van der Waals surface area (Å²) in [5.74, 6) is -2.92. The number of esters is 1. The molecule has 0 unspecified atom stereocenters. The zero-order chi connectivity index (χ0) is 30.7. The van der Waals surface area contributed by atoms with E-state index in [0.29, 0.717) is 36.4 Å². The molecule has 0 spiro atoms. The van der Waals surface area contributed by atoms with Gasteiger partial charge in [0.25, 0.3) is 0 Å². The number of hydrogen-bond donors (Lipinski definition) is 2. The van der Waals surface area contributed by atoms with Crippen molar-refractivity contribution in [2.24, 2.45) is 0 Å². The Morgan fingerprint density at radius 1 is 1.14 bits per heavy atom. The standard InChI is InChI=1S/C27H26BrF3N2O7S2/c1-39-26(36)25-23(40-14-21(34)35)22(28)24(41-25)16-6-4-7-19(13-16)33(18-9-11-32-12-10-18)42(37,38)15-17-5-2-3-8-20(17)27(29,30)31/h2-8,13,18,32H,9-12,14-15H2,1H3,(H,34,35). The highest BCUT2D eigenvalue weighted by Crippen LogP contribution is 2.47. The zero-order valence-corrected chi connectivity index (χ0v) is 25.3. The van der Waals surface area contributed by atoms with E-state index in [1.807, 2.05) is 0 Å². The zero-order valence-electron chi connectivity index (χ0n) is 22.1. The fourth-order valence-corrected chi connectivity index (χ4v) is 8.54. The molecule has 0 bridgehead atoms. The van der Waals surface area contributed by atoms with Gasteiger partial charge in [-0.2, -0.15) is 13.2 Å². The lowest BCUT2D eigenvalue weighted by Crippen LogP contribution is -2.46. The summed E-state index contributed by atoms with van der Waals surface area (Å²) in [4.78, 5) is 24.0. The highest BCUT2D eigenvalue weighted by molar-refractivity contribution is 9.10. The quantitative estimate of drug-likeness (QED) is 0.266. The lowest BCUT2D eigenvalue weighted by atomic mass is 10.1. The number of carboxylic acid groups (broad SMARTS) is 1. The highest BCUT2D eigenvalue weighted by Gasteiger charge is 2.37. The number of hydrogen-bond acceptors (Lipinski definition) is 8. The Hall–Kier alpha value is -3.14. The number of carbonyl (C=O) groups is 2. The molecular formula is C27H26BrF3N2O7S2. The summed E-state index contributed by atoms with van der Waals surface area (Å²) >= 11 is 4.33. The van der Waals surface area contributed by atoms with Crippen molar-refractivity contribution in [3.05, 3.63) is 69.0 Å². The average Bonchev–Trinajstić information content (AvgIpc) is 3.27. The lowest BCUT2D eigenvalue weighted by Gasteiger charge is -2.36. The van der Waals surface area contributed by atoms with E-state index >= 15 is 0 Å². The van der Waals surface area contributed by atoms with Crippen molar-refractivity contribution >= 4 is 54.9 Å². The summed E-state index contributed by atoms with van der Waals surface area (Å²) < 4.78 is 80.6. The Bertz CT molecular complexity index is 1570. The topological polar surface area (TPSA) is 122 Å². The van der Waals surface area contributed by atoms with Crippen LogP contribution in [0.15, 0.2) is 53.0 Å². The monoisotopic (exact) mass is 690 g/mol. The van der Waals surface area contributed by atoms with Crippen molar-refractivity contribution in [1.82, 2.24) is 5.32 Å². The summed E-state index contributed by atoms with van der Waals surface area (Å²) in [6.07, 6.45) is -3.85. The van der Waals surface area contributed by atoms with Gasteiger partial charge in [0.1, 0.15) is 0 Å². The van der Waals surface area contributed by atoms with Gasteiger partial charge in [0.15, 0.2) is 17.2 Å². The van der Waals surface area contributed by atoms with Gasteiger partial charge in [-0.05, 0) is 71.2 Å². The number of nitrogens with zero attached hydrogens (tertiary/aromatic N) is 1.